The average molecular weight is 415 g/mol. The van der Waals surface area contributed by atoms with E-state index in [2.05, 4.69) is 11.8 Å². The average Bonchev–Trinajstić information content (AvgIpc) is 2.81. The van der Waals surface area contributed by atoms with Gasteiger partial charge < -0.3 is 9.47 Å². The van der Waals surface area contributed by atoms with Gasteiger partial charge in [-0.15, -0.1) is 0 Å². The van der Waals surface area contributed by atoms with E-state index in [9.17, 15) is 19.7 Å². The zero-order valence-corrected chi connectivity index (χ0v) is 16.7. The molecule has 0 fully saturated rings. The topological polar surface area (TPSA) is 95.7 Å². The third-order valence-electron chi connectivity index (χ3n) is 4.48. The second-order valence-corrected chi connectivity index (χ2v) is 6.37. The van der Waals surface area contributed by atoms with Gasteiger partial charge in [0.15, 0.2) is 0 Å². The standard InChI is InChI=1S/C24H17NO6/c1-30-23(26)18-9-7-17(8-10-18)22-14-11-20(24(27)31-2)15-19(22)6-3-16-4-12-21(13-5-16)25(28)29/h4-5,7-15H,1-2H3. The van der Waals surface area contributed by atoms with E-state index < -0.39 is 16.9 Å². The number of esters is 2. The van der Waals surface area contributed by atoms with Gasteiger partial charge >= 0.3 is 11.9 Å². The summed E-state index contributed by atoms with van der Waals surface area (Å²) in [6.07, 6.45) is 0. The van der Waals surface area contributed by atoms with Gasteiger partial charge in [0, 0.05) is 23.3 Å². The fraction of sp³-hybridized carbons (Fsp3) is 0.0833. The van der Waals surface area contributed by atoms with Crippen molar-refractivity contribution in [3.8, 4) is 23.0 Å². The molecule has 7 nitrogen and oxygen atoms in total. The molecule has 0 spiro atoms. The Balaban J connectivity index is 2.04. The Labute approximate surface area is 178 Å². The molecular formula is C24H17NO6. The lowest BCUT2D eigenvalue weighted by molar-refractivity contribution is -0.384. The molecule has 0 N–H and O–H groups in total. The first-order valence-corrected chi connectivity index (χ1v) is 9.10. The minimum Gasteiger partial charge on any atom is -0.465 e. The molecule has 0 unspecified atom stereocenters. The van der Waals surface area contributed by atoms with Crippen LogP contribution in [0.25, 0.3) is 11.1 Å². The van der Waals surface area contributed by atoms with Crippen molar-refractivity contribution in [2.75, 3.05) is 14.2 Å². The zero-order chi connectivity index (χ0) is 22.4. The largest absolute Gasteiger partial charge is 0.465 e. The van der Waals surface area contributed by atoms with Crippen molar-refractivity contribution in [2.24, 2.45) is 0 Å². The van der Waals surface area contributed by atoms with E-state index >= 15 is 0 Å². The van der Waals surface area contributed by atoms with E-state index in [0.29, 0.717) is 22.3 Å². The van der Waals surface area contributed by atoms with Crippen LogP contribution in [0.1, 0.15) is 31.8 Å². The van der Waals surface area contributed by atoms with Gasteiger partial charge in [-0.2, -0.15) is 0 Å². The molecule has 0 radical (unpaired) electrons. The predicted molar refractivity (Wildman–Crippen MR) is 114 cm³/mol. The maximum Gasteiger partial charge on any atom is 0.337 e. The van der Waals surface area contributed by atoms with Crippen LogP contribution in [0.3, 0.4) is 0 Å². The highest BCUT2D eigenvalue weighted by Gasteiger charge is 2.12. The highest BCUT2D eigenvalue weighted by atomic mass is 16.6. The number of nitro benzene ring substituents is 1. The summed E-state index contributed by atoms with van der Waals surface area (Å²) in [4.78, 5) is 34.0. The van der Waals surface area contributed by atoms with Crippen LogP contribution in [0.2, 0.25) is 0 Å². The van der Waals surface area contributed by atoms with Gasteiger partial charge in [-0.3, -0.25) is 10.1 Å². The van der Waals surface area contributed by atoms with Gasteiger partial charge in [-0.1, -0.05) is 30.0 Å². The molecule has 0 saturated heterocycles. The predicted octanol–water partition coefficient (Wildman–Crippen LogP) is 4.23. The molecule has 7 heteroatoms. The Kier molecular flexibility index (Phi) is 6.43. The molecule has 0 aliphatic heterocycles. The minimum atomic E-state index is -0.494. The van der Waals surface area contributed by atoms with Crippen LogP contribution in [0.4, 0.5) is 5.69 Å². The van der Waals surface area contributed by atoms with Crippen LogP contribution in [0.15, 0.2) is 66.7 Å². The molecule has 0 aromatic heterocycles. The number of hydrogen-bond donors (Lipinski definition) is 0. The summed E-state index contributed by atoms with van der Waals surface area (Å²) in [7, 11) is 2.61. The fourth-order valence-corrected chi connectivity index (χ4v) is 2.85. The minimum absolute atomic E-state index is 0.0235. The van der Waals surface area contributed by atoms with E-state index in [4.69, 9.17) is 9.47 Å². The first-order chi connectivity index (χ1) is 14.9. The van der Waals surface area contributed by atoms with E-state index in [-0.39, 0.29) is 5.69 Å². The van der Waals surface area contributed by atoms with E-state index in [1.807, 2.05) is 0 Å². The zero-order valence-electron chi connectivity index (χ0n) is 16.7. The molecule has 3 aromatic carbocycles. The first-order valence-electron chi connectivity index (χ1n) is 9.10. The summed E-state index contributed by atoms with van der Waals surface area (Å²) in [5, 5.41) is 10.8. The number of methoxy groups -OCH3 is 2. The highest BCUT2D eigenvalue weighted by molar-refractivity contribution is 5.92. The highest BCUT2D eigenvalue weighted by Crippen LogP contribution is 2.25. The monoisotopic (exact) mass is 415 g/mol. The Bertz CT molecular complexity index is 1200. The summed E-state index contributed by atoms with van der Waals surface area (Å²) in [5.41, 5.74) is 3.41. The van der Waals surface area contributed by atoms with Crippen LogP contribution >= 0.6 is 0 Å². The number of rotatable bonds is 4. The smallest absolute Gasteiger partial charge is 0.337 e. The van der Waals surface area contributed by atoms with E-state index in [1.54, 1.807) is 54.6 Å². The number of non-ortho nitro benzene ring substituents is 1. The van der Waals surface area contributed by atoms with Gasteiger partial charge in [0.1, 0.15) is 0 Å². The van der Waals surface area contributed by atoms with E-state index in [1.165, 1.54) is 26.4 Å². The molecule has 0 aliphatic carbocycles. The number of ether oxygens (including phenoxy) is 2. The van der Waals surface area contributed by atoms with Crippen LogP contribution in [0, 0.1) is 22.0 Å². The maximum absolute atomic E-state index is 12.0. The SMILES string of the molecule is COC(=O)c1ccc(-c2ccc(C(=O)OC)cc2C#Cc2ccc([N+](=O)[O-])cc2)cc1. The van der Waals surface area contributed by atoms with Gasteiger partial charge in [0.2, 0.25) is 0 Å². The van der Waals surface area contributed by atoms with Crippen LogP contribution in [-0.2, 0) is 9.47 Å². The number of benzene rings is 3. The molecule has 0 atom stereocenters. The van der Waals surface area contributed by atoms with Gasteiger partial charge in [-0.05, 0) is 47.5 Å². The summed E-state index contributed by atoms with van der Waals surface area (Å²) in [6.45, 7) is 0. The molecule has 3 rings (SSSR count). The number of nitro groups is 1. The van der Waals surface area contributed by atoms with Gasteiger partial charge in [0.25, 0.3) is 5.69 Å². The van der Waals surface area contributed by atoms with Crippen LogP contribution in [-0.4, -0.2) is 31.1 Å². The van der Waals surface area contributed by atoms with E-state index in [0.717, 1.165) is 11.1 Å². The fourth-order valence-electron chi connectivity index (χ4n) is 2.85. The Morgan fingerprint density at radius 2 is 1.39 bits per heavy atom. The molecule has 0 heterocycles. The van der Waals surface area contributed by atoms with Gasteiger partial charge in [0.05, 0.1) is 30.3 Å². The van der Waals surface area contributed by atoms with Crippen molar-refractivity contribution in [2.45, 2.75) is 0 Å². The maximum atomic E-state index is 12.0. The molecule has 0 saturated carbocycles. The summed E-state index contributed by atoms with van der Waals surface area (Å²) < 4.78 is 9.50. The molecular weight excluding hydrogens is 398 g/mol. The van der Waals surface area contributed by atoms with Crippen molar-refractivity contribution in [3.63, 3.8) is 0 Å². The quantitative estimate of drug-likeness (QED) is 0.274. The summed E-state index contributed by atoms with van der Waals surface area (Å²) in [5.74, 6) is 5.05. The van der Waals surface area contributed by atoms with Gasteiger partial charge in [-0.25, -0.2) is 9.59 Å². The van der Waals surface area contributed by atoms with Crippen molar-refractivity contribution in [3.05, 3.63) is 99.1 Å². The molecule has 0 aliphatic rings. The number of hydrogen-bond acceptors (Lipinski definition) is 6. The number of carbonyl (C=O) groups excluding carboxylic acids is 2. The van der Waals surface area contributed by atoms with Crippen LogP contribution in [0.5, 0.6) is 0 Å². The first kappa shape index (κ1) is 21.3. The van der Waals surface area contributed by atoms with Crippen molar-refractivity contribution < 1.29 is 24.0 Å². The second kappa shape index (κ2) is 9.37. The van der Waals surface area contributed by atoms with Crippen molar-refractivity contribution in [1.82, 2.24) is 0 Å². The Morgan fingerprint density at radius 1 is 0.806 bits per heavy atom. The normalized spacial score (nSPS) is 9.87. The van der Waals surface area contributed by atoms with Crippen LogP contribution < -0.4 is 0 Å². The lowest BCUT2D eigenvalue weighted by Gasteiger charge is -2.08. The molecule has 0 amide bonds. The number of carbonyl (C=O) groups is 2. The molecule has 31 heavy (non-hydrogen) atoms. The lowest BCUT2D eigenvalue weighted by atomic mass is 9.96. The van der Waals surface area contributed by atoms with Crippen molar-refractivity contribution >= 4 is 17.6 Å². The molecule has 154 valence electrons. The van der Waals surface area contributed by atoms with Crippen molar-refractivity contribution in [1.29, 1.82) is 0 Å². The Hall–Kier alpha value is -4.44. The summed E-state index contributed by atoms with van der Waals surface area (Å²) in [6, 6.07) is 17.7. The number of nitrogens with zero attached hydrogens (tertiary/aromatic N) is 1. The lowest BCUT2D eigenvalue weighted by Crippen LogP contribution is -2.02. The molecule has 3 aromatic rings. The summed E-state index contributed by atoms with van der Waals surface area (Å²) >= 11 is 0. The molecule has 0 bridgehead atoms. The second-order valence-electron chi connectivity index (χ2n) is 6.37. The Morgan fingerprint density at radius 3 is 1.97 bits per heavy atom. The third-order valence-corrected chi connectivity index (χ3v) is 4.48. The third kappa shape index (κ3) is 4.95.